The molecule has 1 aromatic heterocycles. The predicted molar refractivity (Wildman–Crippen MR) is 132 cm³/mol. The van der Waals surface area contributed by atoms with Gasteiger partial charge in [-0.15, -0.1) is 5.10 Å². The van der Waals surface area contributed by atoms with Crippen LogP contribution in [0.2, 0.25) is 5.02 Å². The molecule has 170 valence electrons. The molecule has 1 aliphatic rings. The van der Waals surface area contributed by atoms with Crippen LogP contribution in [0.5, 0.6) is 0 Å². The van der Waals surface area contributed by atoms with Crippen molar-refractivity contribution in [3.63, 3.8) is 0 Å². The Morgan fingerprint density at radius 1 is 1.27 bits per heavy atom. The first-order valence-electron chi connectivity index (χ1n) is 10.7. The number of halogens is 1. The Balaban J connectivity index is 1.69. The molecule has 0 amide bonds. The average molecular weight is 481 g/mol. The van der Waals surface area contributed by atoms with Crippen molar-refractivity contribution in [2.24, 2.45) is 0 Å². The molecule has 2 heterocycles. The number of carbonyl (C=O) groups is 1. The smallest absolute Gasteiger partial charge is 0.338 e. The molecule has 0 aliphatic carbocycles. The molecule has 0 saturated heterocycles. The molecule has 2 aromatic carbocycles. The highest BCUT2D eigenvalue weighted by Crippen LogP contribution is 2.37. The summed E-state index contributed by atoms with van der Waals surface area (Å²) >= 11 is 7.79. The molecule has 8 heteroatoms. The number of aryl methyl sites for hydroxylation is 1. The van der Waals surface area contributed by atoms with Gasteiger partial charge in [-0.3, -0.25) is 0 Å². The second-order valence-corrected chi connectivity index (χ2v) is 8.94. The molecular formula is C25H25ClN4O2S. The van der Waals surface area contributed by atoms with Crippen molar-refractivity contribution in [1.82, 2.24) is 14.8 Å². The Hall–Kier alpha value is -3.03. The summed E-state index contributed by atoms with van der Waals surface area (Å²) in [5.74, 6) is 0.814. The lowest BCUT2D eigenvalue weighted by Crippen LogP contribution is -2.29. The first-order valence-corrected chi connectivity index (χ1v) is 12.1. The van der Waals surface area contributed by atoms with E-state index in [1.54, 1.807) is 10.8 Å². The molecule has 0 saturated carbocycles. The quantitative estimate of drug-likeness (QED) is 0.249. The van der Waals surface area contributed by atoms with E-state index in [1.165, 1.54) is 17.3 Å². The van der Waals surface area contributed by atoms with Gasteiger partial charge in [0.15, 0.2) is 0 Å². The molecule has 1 aliphatic heterocycles. The normalized spacial score (nSPS) is 15.1. The molecular weight excluding hydrogens is 456 g/mol. The standard InChI is InChI=1S/C25H25ClN4O2S/c1-4-14-32-23(31)21-16(3)27-24-28-25(33-15-19-8-6-7-9-20(19)26)29-30(24)22(21)18-12-10-17(5-2)11-13-18/h4,6-13,22H,1,5,14-15H2,2-3H3,(H,27,28,29)/t22-/m1/s1. The predicted octanol–water partition coefficient (Wildman–Crippen LogP) is 5.80. The molecule has 0 unspecified atom stereocenters. The summed E-state index contributed by atoms with van der Waals surface area (Å²) in [6, 6.07) is 15.5. The summed E-state index contributed by atoms with van der Waals surface area (Å²) in [5.41, 5.74) is 4.36. The molecule has 1 N–H and O–H groups in total. The second-order valence-electron chi connectivity index (χ2n) is 7.59. The van der Waals surface area contributed by atoms with E-state index < -0.39 is 12.0 Å². The fourth-order valence-electron chi connectivity index (χ4n) is 3.67. The summed E-state index contributed by atoms with van der Waals surface area (Å²) in [6.45, 7) is 7.74. The number of anilines is 1. The number of nitrogens with zero attached hydrogens (tertiary/aromatic N) is 3. The zero-order valence-electron chi connectivity index (χ0n) is 18.5. The zero-order valence-corrected chi connectivity index (χ0v) is 20.1. The van der Waals surface area contributed by atoms with Gasteiger partial charge in [-0.1, -0.05) is 85.4 Å². The summed E-state index contributed by atoms with van der Waals surface area (Å²) < 4.78 is 7.16. The van der Waals surface area contributed by atoms with Crippen molar-refractivity contribution >= 4 is 35.3 Å². The lowest BCUT2D eigenvalue weighted by Gasteiger charge is -2.28. The molecule has 0 radical (unpaired) electrons. The number of carbonyl (C=O) groups excluding carboxylic acids is 1. The van der Waals surface area contributed by atoms with Crippen molar-refractivity contribution in [2.45, 2.75) is 37.2 Å². The fraction of sp³-hybridized carbons (Fsp3) is 0.240. The Morgan fingerprint density at radius 3 is 2.73 bits per heavy atom. The third-order valence-electron chi connectivity index (χ3n) is 5.40. The van der Waals surface area contributed by atoms with Gasteiger partial charge in [0.2, 0.25) is 11.1 Å². The van der Waals surface area contributed by atoms with E-state index in [4.69, 9.17) is 21.4 Å². The molecule has 0 fully saturated rings. The van der Waals surface area contributed by atoms with Crippen LogP contribution < -0.4 is 5.32 Å². The number of ether oxygens (including phenoxy) is 1. The average Bonchev–Trinajstić information content (AvgIpc) is 3.23. The molecule has 0 bridgehead atoms. The van der Waals surface area contributed by atoms with E-state index in [1.807, 2.05) is 43.3 Å². The van der Waals surface area contributed by atoms with Gasteiger partial charge in [0.05, 0.1) is 5.57 Å². The van der Waals surface area contributed by atoms with E-state index in [-0.39, 0.29) is 6.61 Å². The number of nitrogens with one attached hydrogen (secondary N) is 1. The summed E-state index contributed by atoms with van der Waals surface area (Å²) in [5, 5.41) is 9.28. The lowest BCUT2D eigenvalue weighted by atomic mass is 9.95. The van der Waals surface area contributed by atoms with Crippen LogP contribution in [-0.4, -0.2) is 27.3 Å². The molecule has 3 aromatic rings. The third kappa shape index (κ3) is 4.99. The first-order chi connectivity index (χ1) is 16.0. The van der Waals surface area contributed by atoms with Gasteiger partial charge in [-0.25, -0.2) is 9.48 Å². The van der Waals surface area contributed by atoms with E-state index in [9.17, 15) is 4.79 Å². The number of thioether (sulfide) groups is 1. The van der Waals surface area contributed by atoms with Crippen molar-refractivity contribution in [3.8, 4) is 0 Å². The SMILES string of the molecule is C=CCOC(=O)C1=C(C)Nc2nc(SCc3ccccc3Cl)nn2[C@@H]1c1ccc(CC)cc1. The highest BCUT2D eigenvalue weighted by Gasteiger charge is 2.35. The molecule has 0 spiro atoms. The number of rotatable bonds is 8. The first kappa shape index (κ1) is 23.1. The maximum absolute atomic E-state index is 13.0. The Morgan fingerprint density at radius 2 is 2.03 bits per heavy atom. The monoisotopic (exact) mass is 480 g/mol. The second kappa shape index (κ2) is 10.3. The van der Waals surface area contributed by atoms with Crippen LogP contribution in [0, 0.1) is 0 Å². The van der Waals surface area contributed by atoms with Crippen LogP contribution in [-0.2, 0) is 21.7 Å². The summed E-state index contributed by atoms with van der Waals surface area (Å²) in [7, 11) is 0. The van der Waals surface area contributed by atoms with Crippen LogP contribution in [0.4, 0.5) is 5.95 Å². The van der Waals surface area contributed by atoms with E-state index in [2.05, 4.69) is 35.9 Å². The van der Waals surface area contributed by atoms with Crippen LogP contribution in [0.25, 0.3) is 0 Å². The van der Waals surface area contributed by atoms with Gasteiger partial charge in [0, 0.05) is 16.5 Å². The number of esters is 1. The van der Waals surface area contributed by atoms with E-state index >= 15 is 0 Å². The van der Waals surface area contributed by atoms with Crippen molar-refractivity contribution < 1.29 is 9.53 Å². The van der Waals surface area contributed by atoms with E-state index in [0.717, 1.165) is 17.5 Å². The van der Waals surface area contributed by atoms with Crippen LogP contribution in [0.15, 0.2) is 77.6 Å². The highest BCUT2D eigenvalue weighted by molar-refractivity contribution is 7.98. The molecule has 1 atom stereocenters. The van der Waals surface area contributed by atoms with Crippen molar-refractivity contribution in [1.29, 1.82) is 0 Å². The van der Waals surface area contributed by atoms with Gasteiger partial charge in [-0.2, -0.15) is 4.98 Å². The third-order valence-corrected chi connectivity index (χ3v) is 6.66. The van der Waals surface area contributed by atoms with Crippen molar-refractivity contribution in [3.05, 3.63) is 94.2 Å². The molecule has 4 rings (SSSR count). The number of allylic oxidation sites excluding steroid dienone is 1. The van der Waals surface area contributed by atoms with Gasteiger partial charge in [0.25, 0.3) is 0 Å². The van der Waals surface area contributed by atoms with Gasteiger partial charge < -0.3 is 10.1 Å². The van der Waals surface area contributed by atoms with Gasteiger partial charge in [-0.05, 0) is 36.1 Å². The maximum Gasteiger partial charge on any atom is 0.338 e. The van der Waals surface area contributed by atoms with Crippen molar-refractivity contribution in [2.75, 3.05) is 11.9 Å². The highest BCUT2D eigenvalue weighted by atomic mass is 35.5. The van der Waals surface area contributed by atoms with Gasteiger partial charge >= 0.3 is 5.97 Å². The zero-order chi connectivity index (χ0) is 23.4. The number of hydrogen-bond acceptors (Lipinski definition) is 6. The van der Waals surface area contributed by atoms with Crippen LogP contribution in [0.1, 0.15) is 36.6 Å². The number of fused-ring (bicyclic) bond motifs is 1. The molecule has 33 heavy (non-hydrogen) atoms. The van der Waals surface area contributed by atoms with Gasteiger partial charge in [0.1, 0.15) is 12.6 Å². The molecule has 6 nitrogen and oxygen atoms in total. The Bertz CT molecular complexity index is 1200. The minimum absolute atomic E-state index is 0.139. The van der Waals surface area contributed by atoms with Crippen LogP contribution >= 0.6 is 23.4 Å². The largest absolute Gasteiger partial charge is 0.458 e. The van der Waals surface area contributed by atoms with E-state index in [0.29, 0.717) is 33.2 Å². The number of hydrogen-bond donors (Lipinski definition) is 1. The van der Waals surface area contributed by atoms with Crippen LogP contribution in [0.3, 0.4) is 0 Å². The number of aromatic nitrogens is 3. The lowest BCUT2D eigenvalue weighted by molar-refractivity contribution is -0.138. The minimum atomic E-state index is -0.452. The number of benzene rings is 2. The fourth-order valence-corrected chi connectivity index (χ4v) is 4.79. The minimum Gasteiger partial charge on any atom is -0.458 e. The Kier molecular flexibility index (Phi) is 7.20. The maximum atomic E-state index is 13.0. The summed E-state index contributed by atoms with van der Waals surface area (Å²) in [6.07, 6.45) is 2.49. The topological polar surface area (TPSA) is 69.0 Å². The Labute approximate surface area is 202 Å². The summed E-state index contributed by atoms with van der Waals surface area (Å²) in [4.78, 5) is 17.7.